The van der Waals surface area contributed by atoms with Crippen LogP contribution in [0.4, 0.5) is 5.69 Å². The van der Waals surface area contributed by atoms with E-state index in [1.54, 1.807) is 0 Å². The summed E-state index contributed by atoms with van der Waals surface area (Å²) in [6, 6.07) is 8.24. The predicted octanol–water partition coefficient (Wildman–Crippen LogP) is 1.28. The maximum absolute atomic E-state index is 12.7. The molecule has 0 bridgehead atoms. The van der Waals surface area contributed by atoms with Crippen molar-refractivity contribution in [3.63, 3.8) is 0 Å². The van der Waals surface area contributed by atoms with Crippen LogP contribution < -0.4 is 15.0 Å². The molecule has 2 fully saturated rings. The Morgan fingerprint density at radius 2 is 1.85 bits per heavy atom. The summed E-state index contributed by atoms with van der Waals surface area (Å²) < 4.78 is 6.00. The molecular weight excluding hydrogens is 328 g/mol. The van der Waals surface area contributed by atoms with E-state index in [0.717, 1.165) is 70.1 Å². The van der Waals surface area contributed by atoms with Crippen molar-refractivity contribution in [2.75, 3.05) is 71.4 Å². The SMILES string of the molecule is CN(C)CCOc1ccccc1N1CCN(C(=O)C2CCNCC2)CC1. The zero-order valence-corrected chi connectivity index (χ0v) is 16.1. The monoisotopic (exact) mass is 360 g/mol. The zero-order valence-electron chi connectivity index (χ0n) is 16.1. The summed E-state index contributed by atoms with van der Waals surface area (Å²) in [6.07, 6.45) is 1.95. The van der Waals surface area contributed by atoms with Crippen molar-refractivity contribution in [1.82, 2.24) is 15.1 Å². The van der Waals surface area contributed by atoms with Gasteiger partial charge in [-0.15, -0.1) is 0 Å². The van der Waals surface area contributed by atoms with Crippen LogP contribution in [0.3, 0.4) is 0 Å². The number of nitrogens with one attached hydrogen (secondary N) is 1. The third-order valence-electron chi connectivity index (χ3n) is 5.28. The lowest BCUT2D eigenvalue weighted by molar-refractivity contribution is -0.136. The first kappa shape index (κ1) is 19.0. The average Bonchev–Trinajstić information content (AvgIpc) is 2.68. The van der Waals surface area contributed by atoms with E-state index in [1.165, 1.54) is 0 Å². The summed E-state index contributed by atoms with van der Waals surface area (Å²) >= 11 is 0. The van der Waals surface area contributed by atoms with Crippen LogP contribution in [0.5, 0.6) is 5.75 Å². The number of piperidine rings is 1. The Kier molecular flexibility index (Phi) is 6.74. The number of likely N-dealkylation sites (N-methyl/N-ethyl adjacent to an activating group) is 1. The third kappa shape index (κ3) is 4.89. The van der Waals surface area contributed by atoms with E-state index in [2.05, 4.69) is 32.1 Å². The first-order valence-electron chi connectivity index (χ1n) is 9.76. The standard InChI is InChI=1S/C20H32N4O2/c1-22(2)15-16-26-19-6-4-3-5-18(19)23-11-13-24(14-12-23)20(25)17-7-9-21-10-8-17/h3-6,17,21H,7-16H2,1-2H3. The van der Waals surface area contributed by atoms with Gasteiger partial charge >= 0.3 is 0 Å². The molecular formula is C20H32N4O2. The topological polar surface area (TPSA) is 48.1 Å². The minimum atomic E-state index is 0.212. The molecule has 1 aromatic rings. The summed E-state index contributed by atoms with van der Waals surface area (Å²) in [5.74, 6) is 1.50. The Bertz CT molecular complexity index is 579. The van der Waals surface area contributed by atoms with Crippen LogP contribution >= 0.6 is 0 Å². The van der Waals surface area contributed by atoms with Crippen molar-refractivity contribution >= 4 is 11.6 Å². The molecule has 6 heteroatoms. The zero-order chi connectivity index (χ0) is 18.4. The van der Waals surface area contributed by atoms with Gasteiger partial charge in [-0.2, -0.15) is 0 Å². The summed E-state index contributed by atoms with van der Waals surface area (Å²) in [5, 5.41) is 3.34. The fraction of sp³-hybridized carbons (Fsp3) is 0.650. The van der Waals surface area contributed by atoms with Gasteiger partial charge in [0.15, 0.2) is 0 Å². The fourth-order valence-electron chi connectivity index (χ4n) is 3.67. The van der Waals surface area contributed by atoms with Gasteiger partial charge in [-0.3, -0.25) is 4.79 Å². The lowest BCUT2D eigenvalue weighted by Crippen LogP contribution is -2.51. The van der Waals surface area contributed by atoms with E-state index >= 15 is 0 Å². The van der Waals surface area contributed by atoms with E-state index < -0.39 is 0 Å². The van der Waals surface area contributed by atoms with Crippen LogP contribution in [-0.2, 0) is 4.79 Å². The van der Waals surface area contributed by atoms with Crippen LogP contribution in [0.2, 0.25) is 0 Å². The number of hydrogen-bond donors (Lipinski definition) is 1. The molecule has 2 heterocycles. The summed E-state index contributed by atoms with van der Waals surface area (Å²) in [7, 11) is 4.10. The molecule has 144 valence electrons. The summed E-state index contributed by atoms with van der Waals surface area (Å²) in [4.78, 5) is 19.2. The molecule has 3 rings (SSSR count). The van der Waals surface area contributed by atoms with Gasteiger partial charge in [0.1, 0.15) is 12.4 Å². The first-order chi connectivity index (χ1) is 12.6. The quantitative estimate of drug-likeness (QED) is 0.828. The maximum atomic E-state index is 12.7. The molecule has 1 N–H and O–H groups in total. The molecule has 0 radical (unpaired) electrons. The van der Waals surface area contributed by atoms with E-state index in [4.69, 9.17) is 4.74 Å². The van der Waals surface area contributed by atoms with Gasteiger partial charge in [-0.1, -0.05) is 12.1 Å². The smallest absolute Gasteiger partial charge is 0.225 e. The van der Waals surface area contributed by atoms with E-state index in [1.807, 2.05) is 26.2 Å². The Labute approximate surface area is 157 Å². The normalized spacial score (nSPS) is 19.0. The van der Waals surface area contributed by atoms with Crippen molar-refractivity contribution in [1.29, 1.82) is 0 Å². The van der Waals surface area contributed by atoms with Crippen LogP contribution in [0.1, 0.15) is 12.8 Å². The van der Waals surface area contributed by atoms with E-state index in [9.17, 15) is 4.79 Å². The lowest BCUT2D eigenvalue weighted by atomic mass is 9.96. The highest BCUT2D eigenvalue weighted by Gasteiger charge is 2.29. The number of carbonyl (C=O) groups is 1. The molecule has 2 aliphatic heterocycles. The number of carbonyl (C=O) groups excluding carboxylic acids is 1. The second-order valence-corrected chi connectivity index (χ2v) is 7.46. The highest BCUT2D eigenvalue weighted by Crippen LogP contribution is 2.29. The predicted molar refractivity (Wildman–Crippen MR) is 105 cm³/mol. The molecule has 0 spiro atoms. The molecule has 26 heavy (non-hydrogen) atoms. The summed E-state index contributed by atoms with van der Waals surface area (Å²) in [6.45, 7) is 6.84. The average molecular weight is 361 g/mol. The van der Waals surface area contributed by atoms with Gasteiger partial charge in [0, 0.05) is 38.6 Å². The minimum Gasteiger partial charge on any atom is -0.490 e. The number of para-hydroxylation sites is 2. The molecule has 0 unspecified atom stereocenters. The fourth-order valence-corrected chi connectivity index (χ4v) is 3.67. The molecule has 0 aromatic heterocycles. The Hall–Kier alpha value is -1.79. The first-order valence-corrected chi connectivity index (χ1v) is 9.76. The molecule has 0 aliphatic carbocycles. The van der Waals surface area contributed by atoms with Crippen molar-refractivity contribution < 1.29 is 9.53 Å². The molecule has 0 saturated carbocycles. The molecule has 2 saturated heterocycles. The molecule has 6 nitrogen and oxygen atoms in total. The number of piperazine rings is 1. The van der Waals surface area contributed by atoms with Gasteiger partial charge in [-0.25, -0.2) is 0 Å². The van der Waals surface area contributed by atoms with E-state index in [0.29, 0.717) is 12.5 Å². The number of amides is 1. The number of benzene rings is 1. The number of ether oxygens (including phenoxy) is 1. The third-order valence-corrected chi connectivity index (χ3v) is 5.28. The van der Waals surface area contributed by atoms with Crippen LogP contribution in [0.15, 0.2) is 24.3 Å². The van der Waals surface area contributed by atoms with Crippen LogP contribution in [0.25, 0.3) is 0 Å². The second-order valence-electron chi connectivity index (χ2n) is 7.46. The highest BCUT2D eigenvalue weighted by atomic mass is 16.5. The van der Waals surface area contributed by atoms with Gasteiger partial charge in [-0.05, 0) is 52.2 Å². The lowest BCUT2D eigenvalue weighted by Gasteiger charge is -2.38. The van der Waals surface area contributed by atoms with Gasteiger partial charge < -0.3 is 24.8 Å². The number of anilines is 1. The highest BCUT2D eigenvalue weighted by molar-refractivity contribution is 5.79. The van der Waals surface area contributed by atoms with Crippen molar-refractivity contribution in [3.8, 4) is 5.75 Å². The van der Waals surface area contributed by atoms with E-state index in [-0.39, 0.29) is 5.92 Å². The minimum absolute atomic E-state index is 0.212. The van der Waals surface area contributed by atoms with Gasteiger partial charge in [0.25, 0.3) is 0 Å². The number of nitrogens with zero attached hydrogens (tertiary/aromatic N) is 3. The Balaban J connectivity index is 1.55. The maximum Gasteiger partial charge on any atom is 0.225 e. The molecule has 0 atom stereocenters. The number of hydrogen-bond acceptors (Lipinski definition) is 5. The van der Waals surface area contributed by atoms with Crippen molar-refractivity contribution in [3.05, 3.63) is 24.3 Å². The molecule has 2 aliphatic rings. The summed E-state index contributed by atoms with van der Waals surface area (Å²) in [5.41, 5.74) is 1.14. The van der Waals surface area contributed by atoms with Crippen LogP contribution in [-0.4, -0.2) is 82.2 Å². The largest absolute Gasteiger partial charge is 0.490 e. The van der Waals surface area contributed by atoms with Gasteiger partial charge in [0.2, 0.25) is 5.91 Å². The molecule has 1 amide bonds. The van der Waals surface area contributed by atoms with Crippen LogP contribution in [0, 0.1) is 5.92 Å². The Morgan fingerprint density at radius 1 is 1.15 bits per heavy atom. The van der Waals surface area contributed by atoms with Crippen molar-refractivity contribution in [2.24, 2.45) is 5.92 Å². The second kappa shape index (κ2) is 9.24. The van der Waals surface area contributed by atoms with Gasteiger partial charge in [0.05, 0.1) is 5.69 Å². The van der Waals surface area contributed by atoms with Crippen molar-refractivity contribution in [2.45, 2.75) is 12.8 Å². The Morgan fingerprint density at radius 3 is 2.54 bits per heavy atom. The number of rotatable bonds is 6. The molecule has 1 aromatic carbocycles.